The number of nitriles is 1. The van der Waals surface area contributed by atoms with E-state index in [0.717, 1.165) is 73.9 Å². The van der Waals surface area contributed by atoms with E-state index < -0.39 is 0 Å². The Morgan fingerprint density at radius 1 is 1.00 bits per heavy atom. The highest BCUT2D eigenvalue weighted by molar-refractivity contribution is 5.84. The van der Waals surface area contributed by atoms with Crippen LogP contribution in [0.1, 0.15) is 25.7 Å². The molecule has 3 heterocycles. The lowest BCUT2D eigenvalue weighted by molar-refractivity contribution is -0.129. The highest BCUT2D eigenvalue weighted by atomic mass is 16.5. The minimum Gasteiger partial charge on any atom is -0.457 e. The summed E-state index contributed by atoms with van der Waals surface area (Å²) in [7, 11) is 0. The van der Waals surface area contributed by atoms with Gasteiger partial charge in [-0.05, 0) is 54.5 Å². The van der Waals surface area contributed by atoms with Gasteiger partial charge in [-0.15, -0.1) is 0 Å². The fourth-order valence-electron chi connectivity index (χ4n) is 5.15. The van der Waals surface area contributed by atoms with Crippen LogP contribution in [-0.4, -0.2) is 47.0 Å². The average molecular weight is 469 g/mol. The van der Waals surface area contributed by atoms with E-state index in [1.54, 1.807) is 0 Å². The SMILES string of the molecule is N#CCC(=O)N1CCC2(CCN(c3ncnc(N)c3-c3ccc(Oc4ccccc4)cc3)CC2)C1. The normalized spacial score (nSPS) is 16.8. The molecule has 35 heavy (non-hydrogen) atoms. The number of carbonyl (C=O) groups excluding carboxylic acids is 1. The lowest BCUT2D eigenvalue weighted by atomic mass is 9.77. The first-order valence-corrected chi connectivity index (χ1v) is 11.9. The smallest absolute Gasteiger partial charge is 0.236 e. The molecular weight excluding hydrogens is 440 g/mol. The predicted molar refractivity (Wildman–Crippen MR) is 134 cm³/mol. The van der Waals surface area contributed by atoms with E-state index in [-0.39, 0.29) is 17.7 Å². The van der Waals surface area contributed by atoms with Gasteiger partial charge in [0.25, 0.3) is 0 Å². The van der Waals surface area contributed by atoms with E-state index in [0.29, 0.717) is 5.82 Å². The topological polar surface area (TPSA) is 108 Å². The number of anilines is 2. The van der Waals surface area contributed by atoms with E-state index in [1.807, 2.05) is 65.6 Å². The van der Waals surface area contributed by atoms with E-state index >= 15 is 0 Å². The third-order valence-corrected chi connectivity index (χ3v) is 7.12. The third-order valence-electron chi connectivity index (χ3n) is 7.12. The summed E-state index contributed by atoms with van der Waals surface area (Å²) >= 11 is 0. The summed E-state index contributed by atoms with van der Waals surface area (Å²) in [6.45, 7) is 3.14. The zero-order valence-electron chi connectivity index (χ0n) is 19.6. The van der Waals surface area contributed by atoms with Crippen LogP contribution in [0.25, 0.3) is 11.1 Å². The molecule has 0 aliphatic carbocycles. The van der Waals surface area contributed by atoms with Gasteiger partial charge in [0.05, 0.1) is 11.6 Å². The summed E-state index contributed by atoms with van der Waals surface area (Å²) in [5, 5.41) is 8.85. The molecule has 0 atom stereocenters. The molecular formula is C27H28N6O2. The Hall–Kier alpha value is -4.12. The summed E-state index contributed by atoms with van der Waals surface area (Å²) in [6, 6.07) is 19.5. The molecule has 1 spiro atoms. The van der Waals surface area contributed by atoms with E-state index in [1.165, 1.54) is 6.33 Å². The lowest BCUT2D eigenvalue weighted by Crippen LogP contribution is -2.42. The van der Waals surface area contributed by atoms with Gasteiger partial charge in [-0.25, -0.2) is 9.97 Å². The molecule has 1 aromatic heterocycles. The van der Waals surface area contributed by atoms with Gasteiger partial charge in [-0.1, -0.05) is 30.3 Å². The highest BCUT2D eigenvalue weighted by Gasteiger charge is 2.42. The summed E-state index contributed by atoms with van der Waals surface area (Å²) in [5.41, 5.74) is 8.22. The third kappa shape index (κ3) is 4.76. The van der Waals surface area contributed by atoms with Gasteiger partial charge in [0.2, 0.25) is 5.91 Å². The summed E-state index contributed by atoms with van der Waals surface area (Å²) in [4.78, 5) is 25.2. The molecule has 0 unspecified atom stereocenters. The number of rotatable bonds is 5. The van der Waals surface area contributed by atoms with Crippen molar-refractivity contribution in [3.8, 4) is 28.7 Å². The molecule has 0 bridgehead atoms. The van der Waals surface area contributed by atoms with Crippen molar-refractivity contribution in [3.63, 3.8) is 0 Å². The van der Waals surface area contributed by atoms with Crippen LogP contribution < -0.4 is 15.4 Å². The van der Waals surface area contributed by atoms with Crippen molar-refractivity contribution < 1.29 is 9.53 Å². The largest absolute Gasteiger partial charge is 0.457 e. The fraction of sp³-hybridized carbons (Fsp3) is 0.333. The van der Waals surface area contributed by atoms with Crippen LogP contribution >= 0.6 is 0 Å². The predicted octanol–water partition coefficient (Wildman–Crippen LogP) is 4.25. The fourth-order valence-corrected chi connectivity index (χ4v) is 5.15. The summed E-state index contributed by atoms with van der Waals surface area (Å²) < 4.78 is 5.92. The number of ether oxygens (including phenoxy) is 1. The molecule has 2 saturated heterocycles. The van der Waals surface area contributed by atoms with E-state index in [4.69, 9.17) is 15.7 Å². The molecule has 2 aliphatic heterocycles. The first-order chi connectivity index (χ1) is 17.1. The van der Waals surface area contributed by atoms with Gasteiger partial charge in [-0.3, -0.25) is 4.79 Å². The Morgan fingerprint density at radius 2 is 1.69 bits per heavy atom. The van der Waals surface area contributed by atoms with Crippen molar-refractivity contribution in [1.29, 1.82) is 5.26 Å². The molecule has 2 N–H and O–H groups in total. The first kappa shape index (κ1) is 22.7. The Balaban J connectivity index is 1.31. The average Bonchev–Trinajstić information content (AvgIpc) is 3.29. The number of nitrogens with zero attached hydrogens (tertiary/aromatic N) is 5. The number of aromatic nitrogens is 2. The Labute approximate surface area is 205 Å². The molecule has 3 aromatic rings. The van der Waals surface area contributed by atoms with Gasteiger partial charge in [0.15, 0.2) is 0 Å². The van der Waals surface area contributed by atoms with Crippen LogP contribution in [0.5, 0.6) is 11.5 Å². The molecule has 8 nitrogen and oxygen atoms in total. The number of para-hydroxylation sites is 1. The number of piperidine rings is 1. The lowest BCUT2D eigenvalue weighted by Gasteiger charge is -2.40. The zero-order valence-corrected chi connectivity index (χ0v) is 19.6. The maximum absolute atomic E-state index is 12.2. The van der Waals surface area contributed by atoms with Gasteiger partial charge in [-0.2, -0.15) is 5.26 Å². The molecule has 2 aliphatic rings. The quantitative estimate of drug-likeness (QED) is 0.596. The molecule has 2 aromatic carbocycles. The van der Waals surface area contributed by atoms with Crippen molar-refractivity contribution in [2.45, 2.75) is 25.7 Å². The second kappa shape index (κ2) is 9.63. The first-order valence-electron chi connectivity index (χ1n) is 11.9. The van der Waals surface area contributed by atoms with Crippen LogP contribution in [-0.2, 0) is 4.79 Å². The number of likely N-dealkylation sites (tertiary alicyclic amines) is 1. The minimum atomic E-state index is -0.0580. The second-order valence-electron chi connectivity index (χ2n) is 9.28. The summed E-state index contributed by atoms with van der Waals surface area (Å²) in [6.07, 6.45) is 4.40. The summed E-state index contributed by atoms with van der Waals surface area (Å²) in [5.74, 6) is 2.75. The molecule has 2 fully saturated rings. The number of benzene rings is 2. The molecule has 0 radical (unpaired) electrons. The van der Waals surface area contributed by atoms with Gasteiger partial charge < -0.3 is 20.3 Å². The van der Waals surface area contributed by atoms with Crippen LogP contribution in [0.3, 0.4) is 0 Å². The van der Waals surface area contributed by atoms with Crippen LogP contribution in [0.4, 0.5) is 11.6 Å². The van der Waals surface area contributed by atoms with Crippen LogP contribution in [0.15, 0.2) is 60.9 Å². The van der Waals surface area contributed by atoms with Gasteiger partial charge in [0, 0.05) is 26.2 Å². The molecule has 178 valence electrons. The van der Waals surface area contributed by atoms with Crippen molar-refractivity contribution in [2.24, 2.45) is 5.41 Å². The number of amides is 1. The number of hydrogen-bond acceptors (Lipinski definition) is 7. The Morgan fingerprint density at radius 3 is 2.40 bits per heavy atom. The van der Waals surface area contributed by atoms with Crippen molar-refractivity contribution in [1.82, 2.24) is 14.9 Å². The van der Waals surface area contributed by atoms with Gasteiger partial charge >= 0.3 is 0 Å². The number of nitrogen functional groups attached to an aromatic ring is 1. The van der Waals surface area contributed by atoms with Gasteiger partial charge in [0.1, 0.15) is 35.9 Å². The number of hydrogen-bond donors (Lipinski definition) is 1. The number of carbonyl (C=O) groups is 1. The Kier molecular flexibility index (Phi) is 6.23. The standard InChI is InChI=1S/C27H28N6O2/c28-14-10-23(34)33-17-13-27(18-33)11-15-32(16-12-27)26-24(25(29)30-19-31-26)20-6-8-22(9-7-20)35-21-4-2-1-3-5-21/h1-9,19H,10-13,15-18H2,(H2,29,30,31). The monoisotopic (exact) mass is 468 g/mol. The zero-order chi connectivity index (χ0) is 24.3. The minimum absolute atomic E-state index is 0.0407. The van der Waals surface area contributed by atoms with E-state index in [9.17, 15) is 4.79 Å². The van der Waals surface area contributed by atoms with Crippen LogP contribution in [0.2, 0.25) is 0 Å². The molecule has 1 amide bonds. The molecule has 8 heteroatoms. The Bertz CT molecular complexity index is 1230. The number of nitrogens with two attached hydrogens (primary N) is 1. The molecule has 5 rings (SSSR count). The van der Waals surface area contributed by atoms with Crippen LogP contribution in [0, 0.1) is 16.7 Å². The molecule has 0 saturated carbocycles. The van der Waals surface area contributed by atoms with Crippen molar-refractivity contribution >= 4 is 17.5 Å². The van der Waals surface area contributed by atoms with E-state index in [2.05, 4.69) is 14.9 Å². The maximum atomic E-state index is 12.2. The van der Waals surface area contributed by atoms with Crippen molar-refractivity contribution in [3.05, 3.63) is 60.9 Å². The highest BCUT2D eigenvalue weighted by Crippen LogP contribution is 2.43. The van der Waals surface area contributed by atoms with Crippen molar-refractivity contribution in [2.75, 3.05) is 36.8 Å². The second-order valence-corrected chi connectivity index (χ2v) is 9.28. The maximum Gasteiger partial charge on any atom is 0.236 e.